The summed E-state index contributed by atoms with van der Waals surface area (Å²) in [5.74, 6) is 1.44. The third kappa shape index (κ3) is 2.86. The average molecular weight is 286 g/mol. The van der Waals surface area contributed by atoms with Gasteiger partial charge in [0.05, 0.1) is 5.56 Å². The molecule has 0 bridgehead atoms. The Morgan fingerprint density at radius 2 is 2.48 bits per heavy atom. The van der Waals surface area contributed by atoms with E-state index in [4.69, 9.17) is 0 Å². The summed E-state index contributed by atoms with van der Waals surface area (Å²) in [6.45, 7) is 3.81. The highest BCUT2D eigenvalue weighted by Gasteiger charge is 2.22. The molecule has 5 nitrogen and oxygen atoms in total. The van der Waals surface area contributed by atoms with Gasteiger partial charge in [-0.05, 0) is 25.3 Å². The molecule has 1 aliphatic heterocycles. The number of carbonyl (C=O) groups is 1. The van der Waals surface area contributed by atoms with Gasteiger partial charge >= 0.3 is 0 Å². The topological polar surface area (TPSA) is 62.7 Å². The van der Waals surface area contributed by atoms with E-state index in [1.54, 1.807) is 0 Å². The Morgan fingerprint density at radius 3 is 3.33 bits per heavy atom. The minimum absolute atomic E-state index is 0.0170. The number of imidazole rings is 1. The maximum Gasteiger partial charge on any atom is 0.253 e. The average Bonchev–Trinajstić information content (AvgIpc) is 3.13. The van der Waals surface area contributed by atoms with E-state index >= 15 is 0 Å². The molecule has 0 fully saturated rings. The number of aryl methyl sites for hydroxylation is 2. The van der Waals surface area contributed by atoms with Crippen LogP contribution in [0.3, 0.4) is 0 Å². The number of H-pyrrole nitrogens is 1. The van der Waals surface area contributed by atoms with Crippen LogP contribution in [0.15, 0.2) is 24.7 Å². The third-order valence-electron chi connectivity index (χ3n) is 4.15. The maximum absolute atomic E-state index is 12.3. The summed E-state index contributed by atoms with van der Waals surface area (Å²) in [5.41, 5.74) is 1.80. The van der Waals surface area contributed by atoms with E-state index in [2.05, 4.69) is 26.8 Å². The van der Waals surface area contributed by atoms with Gasteiger partial charge < -0.3 is 14.9 Å². The molecule has 0 aromatic carbocycles. The SMILES string of the molecule is CCCc1[nH]ccc1C(=O)NC[C@H]1CCCn2ccnc21. The number of hydrogen-bond acceptors (Lipinski definition) is 2. The smallest absolute Gasteiger partial charge is 0.253 e. The van der Waals surface area contributed by atoms with E-state index in [-0.39, 0.29) is 5.91 Å². The molecule has 0 spiro atoms. The highest BCUT2D eigenvalue weighted by molar-refractivity contribution is 5.95. The van der Waals surface area contributed by atoms with Gasteiger partial charge in [-0.15, -0.1) is 0 Å². The predicted molar refractivity (Wildman–Crippen MR) is 81.3 cm³/mol. The van der Waals surface area contributed by atoms with Gasteiger partial charge in [0.15, 0.2) is 0 Å². The maximum atomic E-state index is 12.3. The second-order valence-electron chi connectivity index (χ2n) is 5.65. The molecule has 0 saturated heterocycles. The predicted octanol–water partition coefficient (Wildman–Crippen LogP) is 2.47. The second-order valence-corrected chi connectivity index (χ2v) is 5.65. The normalized spacial score (nSPS) is 17.5. The molecule has 21 heavy (non-hydrogen) atoms. The first kappa shape index (κ1) is 13.9. The number of fused-ring (bicyclic) bond motifs is 1. The number of carbonyl (C=O) groups excluding carboxylic acids is 1. The van der Waals surface area contributed by atoms with Gasteiger partial charge in [-0.3, -0.25) is 4.79 Å². The summed E-state index contributed by atoms with van der Waals surface area (Å²) >= 11 is 0. The Morgan fingerprint density at radius 1 is 1.57 bits per heavy atom. The largest absolute Gasteiger partial charge is 0.364 e. The zero-order valence-electron chi connectivity index (χ0n) is 12.4. The van der Waals surface area contributed by atoms with Crippen molar-refractivity contribution >= 4 is 5.91 Å². The highest BCUT2D eigenvalue weighted by atomic mass is 16.1. The van der Waals surface area contributed by atoms with Crippen LogP contribution >= 0.6 is 0 Å². The first-order valence-electron chi connectivity index (χ1n) is 7.75. The van der Waals surface area contributed by atoms with Crippen molar-refractivity contribution in [2.75, 3.05) is 6.54 Å². The summed E-state index contributed by atoms with van der Waals surface area (Å²) in [6, 6.07) is 1.86. The molecule has 0 unspecified atom stereocenters. The van der Waals surface area contributed by atoms with Crippen molar-refractivity contribution < 1.29 is 4.79 Å². The van der Waals surface area contributed by atoms with E-state index in [9.17, 15) is 4.79 Å². The van der Waals surface area contributed by atoms with Gasteiger partial charge in [0, 0.05) is 43.3 Å². The molecule has 2 aromatic heterocycles. The summed E-state index contributed by atoms with van der Waals surface area (Å²) in [5, 5.41) is 3.07. The lowest BCUT2D eigenvalue weighted by molar-refractivity contribution is 0.0948. The van der Waals surface area contributed by atoms with Crippen molar-refractivity contribution in [1.82, 2.24) is 19.9 Å². The molecule has 2 N–H and O–H groups in total. The van der Waals surface area contributed by atoms with Crippen LogP contribution in [0.5, 0.6) is 0 Å². The van der Waals surface area contributed by atoms with Crippen LogP contribution in [0, 0.1) is 0 Å². The van der Waals surface area contributed by atoms with Crippen LogP contribution in [-0.4, -0.2) is 27.0 Å². The Labute approximate surface area is 124 Å². The molecule has 3 heterocycles. The van der Waals surface area contributed by atoms with E-state index in [1.165, 1.54) is 0 Å². The summed E-state index contributed by atoms with van der Waals surface area (Å²) in [4.78, 5) is 19.9. The molecule has 1 aliphatic rings. The van der Waals surface area contributed by atoms with Gasteiger partial charge in [0.25, 0.3) is 5.91 Å². The van der Waals surface area contributed by atoms with E-state index < -0.39 is 0 Å². The van der Waals surface area contributed by atoms with Crippen molar-refractivity contribution in [1.29, 1.82) is 0 Å². The van der Waals surface area contributed by atoms with Crippen molar-refractivity contribution in [3.05, 3.63) is 41.7 Å². The first-order valence-corrected chi connectivity index (χ1v) is 7.75. The van der Waals surface area contributed by atoms with Gasteiger partial charge in [-0.1, -0.05) is 13.3 Å². The van der Waals surface area contributed by atoms with E-state index in [0.717, 1.165) is 49.3 Å². The van der Waals surface area contributed by atoms with Gasteiger partial charge in [-0.25, -0.2) is 4.98 Å². The van der Waals surface area contributed by atoms with Gasteiger partial charge in [-0.2, -0.15) is 0 Å². The molecule has 5 heteroatoms. The Bertz CT molecular complexity index is 613. The Kier molecular flexibility index (Phi) is 4.08. The lowest BCUT2D eigenvalue weighted by atomic mass is 9.99. The fourth-order valence-corrected chi connectivity index (χ4v) is 3.08. The van der Waals surface area contributed by atoms with E-state index in [0.29, 0.717) is 12.5 Å². The number of nitrogens with zero attached hydrogens (tertiary/aromatic N) is 2. The number of hydrogen-bond donors (Lipinski definition) is 2. The Balaban J connectivity index is 1.63. The zero-order valence-corrected chi connectivity index (χ0v) is 12.4. The van der Waals surface area contributed by atoms with Crippen molar-refractivity contribution in [2.24, 2.45) is 0 Å². The fraction of sp³-hybridized carbons (Fsp3) is 0.500. The first-order chi connectivity index (χ1) is 10.3. The molecular weight excluding hydrogens is 264 g/mol. The molecule has 0 radical (unpaired) electrons. The van der Waals surface area contributed by atoms with Crippen LogP contribution in [0.25, 0.3) is 0 Å². The molecular formula is C16H22N4O. The van der Waals surface area contributed by atoms with Crippen LogP contribution in [0.1, 0.15) is 54.0 Å². The second kappa shape index (κ2) is 6.16. The number of aromatic nitrogens is 3. The standard InChI is InChI=1S/C16H22N4O/c1-2-4-14-13(6-7-17-14)16(21)19-11-12-5-3-9-20-10-8-18-15(12)20/h6-8,10,12,17H,2-5,9,11H2,1H3,(H,19,21)/t12-/m1/s1. The number of amides is 1. The number of nitrogens with one attached hydrogen (secondary N) is 2. The summed E-state index contributed by atoms with van der Waals surface area (Å²) < 4.78 is 2.19. The summed E-state index contributed by atoms with van der Waals surface area (Å²) in [7, 11) is 0. The fourth-order valence-electron chi connectivity index (χ4n) is 3.08. The molecule has 1 atom stereocenters. The third-order valence-corrected chi connectivity index (χ3v) is 4.15. The van der Waals surface area contributed by atoms with Crippen molar-refractivity contribution in [2.45, 2.75) is 45.1 Å². The van der Waals surface area contributed by atoms with Crippen molar-refractivity contribution in [3.8, 4) is 0 Å². The van der Waals surface area contributed by atoms with Gasteiger partial charge in [0.2, 0.25) is 0 Å². The molecule has 2 aromatic rings. The van der Waals surface area contributed by atoms with Crippen molar-refractivity contribution in [3.63, 3.8) is 0 Å². The summed E-state index contributed by atoms with van der Waals surface area (Å²) in [6.07, 6.45) is 9.88. The molecule has 3 rings (SSSR count). The zero-order chi connectivity index (χ0) is 14.7. The highest BCUT2D eigenvalue weighted by Crippen LogP contribution is 2.25. The minimum Gasteiger partial charge on any atom is -0.364 e. The monoisotopic (exact) mass is 286 g/mol. The van der Waals surface area contributed by atoms with Crippen LogP contribution in [0.2, 0.25) is 0 Å². The molecule has 0 aliphatic carbocycles. The van der Waals surface area contributed by atoms with Crippen LogP contribution < -0.4 is 5.32 Å². The molecule has 1 amide bonds. The molecule has 0 saturated carbocycles. The van der Waals surface area contributed by atoms with E-state index in [1.807, 2.05) is 24.7 Å². The lowest BCUT2D eigenvalue weighted by Crippen LogP contribution is -2.31. The lowest BCUT2D eigenvalue weighted by Gasteiger charge is -2.23. The number of rotatable bonds is 5. The van der Waals surface area contributed by atoms with Crippen LogP contribution in [0.4, 0.5) is 0 Å². The minimum atomic E-state index is 0.0170. The Hall–Kier alpha value is -2.04. The van der Waals surface area contributed by atoms with Gasteiger partial charge in [0.1, 0.15) is 5.82 Å². The number of aromatic amines is 1. The van der Waals surface area contributed by atoms with Crippen LogP contribution in [-0.2, 0) is 13.0 Å². The quantitative estimate of drug-likeness (QED) is 0.887. The molecule has 112 valence electrons.